The van der Waals surface area contributed by atoms with Crippen LogP contribution in [0.4, 0.5) is 0 Å². The molecular formula is C15H23ClN2O2S. The third-order valence-electron chi connectivity index (χ3n) is 4.50. The van der Waals surface area contributed by atoms with Gasteiger partial charge in [0.15, 0.2) is 0 Å². The van der Waals surface area contributed by atoms with Crippen LogP contribution in [0.2, 0.25) is 0 Å². The zero-order chi connectivity index (χ0) is 14.0. The van der Waals surface area contributed by atoms with Crippen LogP contribution < -0.4 is 5.32 Å². The van der Waals surface area contributed by atoms with Gasteiger partial charge in [-0.1, -0.05) is 30.3 Å². The summed E-state index contributed by atoms with van der Waals surface area (Å²) in [5, 5.41) is 3.14. The Kier molecular flexibility index (Phi) is 5.66. The summed E-state index contributed by atoms with van der Waals surface area (Å²) in [6.07, 6.45) is 2.54. The van der Waals surface area contributed by atoms with E-state index in [1.165, 1.54) is 5.56 Å². The van der Waals surface area contributed by atoms with Gasteiger partial charge in [0.2, 0.25) is 10.0 Å². The predicted octanol–water partition coefficient (Wildman–Crippen LogP) is 1.66. The highest BCUT2D eigenvalue weighted by Gasteiger charge is 2.45. The maximum absolute atomic E-state index is 12.6. The molecule has 0 saturated carbocycles. The van der Waals surface area contributed by atoms with Crippen LogP contribution >= 0.6 is 12.4 Å². The molecule has 1 aromatic rings. The minimum Gasteiger partial charge on any atom is -0.317 e. The van der Waals surface area contributed by atoms with E-state index in [1.54, 1.807) is 4.31 Å². The number of sulfonamides is 1. The van der Waals surface area contributed by atoms with Gasteiger partial charge in [0.05, 0.1) is 5.25 Å². The van der Waals surface area contributed by atoms with E-state index in [2.05, 4.69) is 17.4 Å². The van der Waals surface area contributed by atoms with Crippen LogP contribution in [0.25, 0.3) is 0 Å². The molecule has 2 heterocycles. The van der Waals surface area contributed by atoms with Gasteiger partial charge in [0, 0.05) is 13.1 Å². The van der Waals surface area contributed by atoms with E-state index in [4.69, 9.17) is 0 Å². The third-order valence-corrected chi connectivity index (χ3v) is 6.93. The molecule has 2 fully saturated rings. The summed E-state index contributed by atoms with van der Waals surface area (Å²) in [7, 11) is -3.09. The van der Waals surface area contributed by atoms with E-state index in [0.717, 1.165) is 32.4 Å². The lowest BCUT2D eigenvalue weighted by Crippen LogP contribution is -2.32. The summed E-state index contributed by atoms with van der Waals surface area (Å²) >= 11 is 0. The monoisotopic (exact) mass is 330 g/mol. The van der Waals surface area contributed by atoms with Crippen molar-refractivity contribution in [1.82, 2.24) is 9.62 Å². The minimum atomic E-state index is -3.09. The van der Waals surface area contributed by atoms with Crippen LogP contribution in [-0.2, 0) is 16.4 Å². The number of nitrogens with zero attached hydrogens (tertiary/aromatic N) is 1. The van der Waals surface area contributed by atoms with Crippen molar-refractivity contribution < 1.29 is 8.42 Å². The molecule has 2 atom stereocenters. The number of hydrogen-bond acceptors (Lipinski definition) is 3. The molecule has 1 aromatic carbocycles. The van der Waals surface area contributed by atoms with Crippen molar-refractivity contribution in [1.29, 1.82) is 0 Å². The Bertz CT molecular complexity index is 550. The summed E-state index contributed by atoms with van der Waals surface area (Å²) in [5.41, 5.74) is 1.21. The number of rotatable bonds is 3. The third kappa shape index (κ3) is 3.59. The average Bonchev–Trinajstić information content (AvgIpc) is 2.62. The molecule has 0 aliphatic carbocycles. The van der Waals surface area contributed by atoms with Gasteiger partial charge in [-0.25, -0.2) is 12.7 Å². The minimum absolute atomic E-state index is 0. The molecule has 1 unspecified atom stereocenters. The van der Waals surface area contributed by atoms with Crippen LogP contribution in [0, 0.1) is 5.92 Å². The Balaban J connectivity index is 0.00000161. The Morgan fingerprint density at radius 1 is 1.14 bits per heavy atom. The van der Waals surface area contributed by atoms with Gasteiger partial charge in [-0.05, 0) is 43.8 Å². The Labute approximate surface area is 133 Å². The van der Waals surface area contributed by atoms with Crippen molar-refractivity contribution in [3.8, 4) is 0 Å². The number of benzene rings is 1. The van der Waals surface area contributed by atoms with E-state index < -0.39 is 10.0 Å². The van der Waals surface area contributed by atoms with Gasteiger partial charge in [-0.3, -0.25) is 0 Å². The van der Waals surface area contributed by atoms with Crippen LogP contribution in [-0.4, -0.2) is 44.2 Å². The molecule has 3 rings (SSSR count). The molecule has 0 aromatic heterocycles. The first-order valence-corrected chi connectivity index (χ1v) is 8.92. The van der Waals surface area contributed by atoms with Crippen molar-refractivity contribution in [2.45, 2.75) is 24.5 Å². The van der Waals surface area contributed by atoms with Crippen LogP contribution in [0.1, 0.15) is 18.4 Å². The first-order chi connectivity index (χ1) is 9.68. The molecule has 4 nitrogen and oxygen atoms in total. The largest absolute Gasteiger partial charge is 0.317 e. The van der Waals surface area contributed by atoms with Crippen LogP contribution in [0.15, 0.2) is 30.3 Å². The van der Waals surface area contributed by atoms with Crippen LogP contribution in [0.3, 0.4) is 0 Å². The summed E-state index contributed by atoms with van der Waals surface area (Å²) in [5.74, 6) is 0.311. The zero-order valence-electron chi connectivity index (χ0n) is 12.1. The fourth-order valence-corrected chi connectivity index (χ4v) is 5.61. The highest BCUT2D eigenvalue weighted by Crippen LogP contribution is 2.32. The van der Waals surface area contributed by atoms with E-state index in [1.807, 2.05) is 18.2 Å². The predicted molar refractivity (Wildman–Crippen MR) is 87.3 cm³/mol. The van der Waals surface area contributed by atoms with Crippen molar-refractivity contribution in [2.75, 3.05) is 26.2 Å². The second-order valence-corrected chi connectivity index (χ2v) is 7.92. The molecule has 2 aliphatic heterocycles. The quantitative estimate of drug-likeness (QED) is 0.917. The Hall–Kier alpha value is -0.620. The molecule has 118 valence electrons. The van der Waals surface area contributed by atoms with Gasteiger partial charge in [-0.15, -0.1) is 12.4 Å². The van der Waals surface area contributed by atoms with Gasteiger partial charge >= 0.3 is 0 Å². The normalized spacial score (nSPS) is 28.4. The van der Waals surface area contributed by atoms with Gasteiger partial charge in [0.1, 0.15) is 0 Å². The molecule has 21 heavy (non-hydrogen) atoms. The highest BCUT2D eigenvalue weighted by atomic mass is 35.5. The lowest BCUT2D eigenvalue weighted by Gasteiger charge is -2.16. The summed E-state index contributed by atoms with van der Waals surface area (Å²) in [4.78, 5) is 0. The lowest BCUT2D eigenvalue weighted by molar-refractivity contribution is 0.387. The molecule has 0 spiro atoms. The van der Waals surface area contributed by atoms with E-state index in [9.17, 15) is 8.42 Å². The van der Waals surface area contributed by atoms with Crippen molar-refractivity contribution in [3.63, 3.8) is 0 Å². The summed E-state index contributed by atoms with van der Waals surface area (Å²) in [6.45, 7) is 3.10. The molecule has 0 radical (unpaired) electrons. The molecule has 0 bridgehead atoms. The maximum atomic E-state index is 12.6. The molecule has 6 heteroatoms. The van der Waals surface area contributed by atoms with Crippen molar-refractivity contribution in [2.24, 2.45) is 5.92 Å². The van der Waals surface area contributed by atoms with Crippen molar-refractivity contribution in [3.05, 3.63) is 35.9 Å². The fraction of sp³-hybridized carbons (Fsp3) is 0.600. The van der Waals surface area contributed by atoms with Gasteiger partial charge in [0.25, 0.3) is 0 Å². The van der Waals surface area contributed by atoms with Crippen molar-refractivity contribution >= 4 is 22.4 Å². The summed E-state index contributed by atoms with van der Waals surface area (Å²) in [6, 6.07) is 10.1. The van der Waals surface area contributed by atoms with E-state index in [-0.39, 0.29) is 17.7 Å². The second kappa shape index (κ2) is 7.09. The van der Waals surface area contributed by atoms with E-state index in [0.29, 0.717) is 19.0 Å². The smallest absolute Gasteiger partial charge is 0.217 e. The molecule has 1 N–H and O–H groups in total. The van der Waals surface area contributed by atoms with Crippen LogP contribution in [0.5, 0.6) is 0 Å². The molecule has 2 saturated heterocycles. The molecule has 0 amide bonds. The lowest BCUT2D eigenvalue weighted by atomic mass is 10.0. The fourth-order valence-electron chi connectivity index (χ4n) is 3.35. The molecule has 2 aliphatic rings. The zero-order valence-corrected chi connectivity index (χ0v) is 13.7. The standard InChI is InChI=1S/C15H22N2O2S.ClH/c18-20(19)15-7-10-16-9-6-14(15)12-17(20)11-8-13-4-2-1-3-5-13;/h1-5,14-16H,6-12H2;1H/t14?,15-;/m1./s1. The highest BCUT2D eigenvalue weighted by molar-refractivity contribution is 7.90. The number of halogens is 1. The first-order valence-electron chi connectivity index (χ1n) is 7.41. The maximum Gasteiger partial charge on any atom is 0.217 e. The number of hydrogen-bond donors (Lipinski definition) is 1. The van der Waals surface area contributed by atoms with Gasteiger partial charge < -0.3 is 5.32 Å². The average molecular weight is 331 g/mol. The van der Waals surface area contributed by atoms with E-state index >= 15 is 0 Å². The van der Waals surface area contributed by atoms with Gasteiger partial charge in [-0.2, -0.15) is 0 Å². The molecular weight excluding hydrogens is 308 g/mol. The topological polar surface area (TPSA) is 49.4 Å². The first kappa shape index (κ1) is 16.7. The number of nitrogens with one attached hydrogen (secondary N) is 1. The Morgan fingerprint density at radius 3 is 2.62 bits per heavy atom. The summed E-state index contributed by atoms with van der Waals surface area (Å²) < 4.78 is 26.9. The Morgan fingerprint density at radius 2 is 1.86 bits per heavy atom. The number of fused-ring (bicyclic) bond motifs is 1. The SMILES string of the molecule is Cl.O=S1(=O)[C@@H]2CCNCCC2CN1CCc1ccccc1. The second-order valence-electron chi connectivity index (χ2n) is 5.76.